The van der Waals surface area contributed by atoms with Gasteiger partial charge < -0.3 is 16.0 Å². The average Bonchev–Trinajstić information content (AvgIpc) is 3.06. The van der Waals surface area contributed by atoms with E-state index in [1.807, 2.05) is 19.3 Å². The molecule has 0 radical (unpaired) electrons. The number of carbonyl (C=O) groups excluding carboxylic acids is 1. The number of hydrogen-bond donors (Lipinski definition) is 3. The Labute approximate surface area is 156 Å². The van der Waals surface area contributed by atoms with Gasteiger partial charge in [0.1, 0.15) is 11.8 Å². The Balaban J connectivity index is 1.83. The van der Waals surface area contributed by atoms with E-state index in [2.05, 4.69) is 20.7 Å². The lowest BCUT2D eigenvalue weighted by molar-refractivity contribution is 0.102. The van der Waals surface area contributed by atoms with Crippen LogP contribution in [0.15, 0.2) is 42.7 Å². The first-order chi connectivity index (χ1) is 13.0. The van der Waals surface area contributed by atoms with Crippen molar-refractivity contribution in [3.05, 3.63) is 65.2 Å². The second kappa shape index (κ2) is 7.49. The van der Waals surface area contributed by atoms with Gasteiger partial charge in [0.2, 0.25) is 0 Å². The number of anilines is 3. The van der Waals surface area contributed by atoms with Gasteiger partial charge in [0.25, 0.3) is 5.91 Å². The van der Waals surface area contributed by atoms with E-state index in [0.29, 0.717) is 28.2 Å². The van der Waals surface area contributed by atoms with Crippen LogP contribution in [-0.4, -0.2) is 26.9 Å². The molecule has 1 amide bonds. The molecule has 134 valence electrons. The highest BCUT2D eigenvalue weighted by molar-refractivity contribution is 6.03. The van der Waals surface area contributed by atoms with E-state index in [1.165, 1.54) is 12.3 Å². The van der Waals surface area contributed by atoms with Crippen LogP contribution in [0.5, 0.6) is 0 Å². The van der Waals surface area contributed by atoms with E-state index >= 15 is 0 Å². The Morgan fingerprint density at radius 2 is 2.11 bits per heavy atom. The Morgan fingerprint density at radius 1 is 1.30 bits per heavy atom. The highest BCUT2D eigenvalue weighted by Crippen LogP contribution is 2.24. The Bertz CT molecular complexity index is 1060. The molecular formula is C19H17N7O. The van der Waals surface area contributed by atoms with Gasteiger partial charge in [-0.3, -0.25) is 9.48 Å². The minimum atomic E-state index is -0.377. The first-order valence-corrected chi connectivity index (χ1v) is 8.09. The van der Waals surface area contributed by atoms with Gasteiger partial charge in [0.15, 0.2) is 0 Å². The molecule has 0 atom stereocenters. The zero-order chi connectivity index (χ0) is 19.4. The molecule has 0 aliphatic rings. The van der Waals surface area contributed by atoms with Crippen molar-refractivity contribution < 1.29 is 4.79 Å². The molecule has 0 unspecified atom stereocenters. The predicted octanol–water partition coefficient (Wildman–Crippen LogP) is 2.99. The summed E-state index contributed by atoms with van der Waals surface area (Å²) in [7, 11) is 1.81. The monoisotopic (exact) mass is 359 g/mol. The minimum absolute atomic E-state index is 0.226. The number of aromatic nitrogens is 3. The van der Waals surface area contributed by atoms with E-state index in [9.17, 15) is 4.79 Å². The largest absolute Gasteiger partial charge is 0.352 e. The molecule has 2 heterocycles. The van der Waals surface area contributed by atoms with Crippen molar-refractivity contribution in [3.63, 3.8) is 0 Å². The van der Waals surface area contributed by atoms with Crippen LogP contribution in [0.4, 0.5) is 17.1 Å². The molecule has 0 aliphatic carbocycles. The van der Waals surface area contributed by atoms with Crippen LogP contribution in [0.25, 0.3) is 0 Å². The predicted molar refractivity (Wildman–Crippen MR) is 102 cm³/mol. The van der Waals surface area contributed by atoms with Gasteiger partial charge in [0.05, 0.1) is 23.1 Å². The summed E-state index contributed by atoms with van der Waals surface area (Å²) in [6.07, 6.45) is 4.71. The summed E-state index contributed by atoms with van der Waals surface area (Å²) in [4.78, 5) is 16.6. The van der Waals surface area contributed by atoms with E-state index in [-0.39, 0.29) is 11.6 Å². The number of aryl methyl sites for hydroxylation is 2. The van der Waals surface area contributed by atoms with E-state index < -0.39 is 0 Å². The van der Waals surface area contributed by atoms with Crippen LogP contribution in [0.3, 0.4) is 0 Å². The summed E-state index contributed by atoms with van der Waals surface area (Å²) in [6.45, 7) is 1.68. The van der Waals surface area contributed by atoms with Gasteiger partial charge in [-0.25, -0.2) is 4.98 Å². The molecule has 0 aliphatic heterocycles. The number of nitrogens with zero attached hydrogens (tertiary/aromatic N) is 4. The first kappa shape index (κ1) is 17.8. The highest BCUT2D eigenvalue weighted by Gasteiger charge is 2.11. The SMILES string of the molecule is Cc1nc(C(=O)Nc2ccc(C=N)c(Nc3cnn(C)c3)c2)ccc1C#N. The molecule has 2 aromatic heterocycles. The van der Waals surface area contributed by atoms with Crippen LogP contribution < -0.4 is 10.6 Å². The van der Waals surface area contributed by atoms with Crippen LogP contribution >= 0.6 is 0 Å². The van der Waals surface area contributed by atoms with E-state index in [0.717, 1.165) is 5.69 Å². The van der Waals surface area contributed by atoms with Crippen molar-refractivity contribution >= 4 is 29.2 Å². The summed E-state index contributed by atoms with van der Waals surface area (Å²) in [5.41, 5.74) is 3.83. The second-order valence-corrected chi connectivity index (χ2v) is 5.87. The Hall–Kier alpha value is -3.99. The second-order valence-electron chi connectivity index (χ2n) is 5.87. The number of pyridine rings is 1. The fourth-order valence-corrected chi connectivity index (χ4v) is 2.51. The summed E-state index contributed by atoms with van der Waals surface area (Å²) < 4.78 is 1.66. The van der Waals surface area contributed by atoms with Gasteiger partial charge in [-0.2, -0.15) is 10.4 Å². The molecule has 0 saturated heterocycles. The first-order valence-electron chi connectivity index (χ1n) is 8.09. The lowest BCUT2D eigenvalue weighted by Gasteiger charge is -2.11. The summed E-state index contributed by atoms with van der Waals surface area (Å²) in [5, 5.41) is 26.6. The summed E-state index contributed by atoms with van der Waals surface area (Å²) in [6, 6.07) is 10.3. The van der Waals surface area contributed by atoms with Crippen molar-refractivity contribution in [1.82, 2.24) is 14.8 Å². The van der Waals surface area contributed by atoms with Gasteiger partial charge >= 0.3 is 0 Å². The van der Waals surface area contributed by atoms with Crippen LogP contribution in [-0.2, 0) is 7.05 Å². The molecule has 8 heteroatoms. The lowest BCUT2D eigenvalue weighted by Crippen LogP contribution is -2.14. The number of nitriles is 1. The van der Waals surface area contributed by atoms with Crippen molar-refractivity contribution in [2.75, 3.05) is 10.6 Å². The molecular weight excluding hydrogens is 342 g/mol. The number of rotatable bonds is 5. The van der Waals surface area contributed by atoms with Gasteiger partial charge in [-0.15, -0.1) is 0 Å². The molecule has 3 rings (SSSR count). The number of carbonyl (C=O) groups is 1. The maximum absolute atomic E-state index is 12.5. The third kappa shape index (κ3) is 3.99. The Kier molecular flexibility index (Phi) is 4.95. The smallest absolute Gasteiger partial charge is 0.274 e. The average molecular weight is 359 g/mol. The normalized spacial score (nSPS) is 10.1. The molecule has 27 heavy (non-hydrogen) atoms. The molecule has 1 aromatic carbocycles. The van der Waals surface area contributed by atoms with Crippen molar-refractivity contribution in [2.45, 2.75) is 6.92 Å². The molecule has 0 saturated carbocycles. The standard InChI is InChI=1S/C19H17N7O/c1-12-13(8-20)4-6-17(23-12)19(27)25-15-5-3-14(9-21)18(7-15)24-16-10-22-26(2)11-16/h3-7,9-11,21,24H,1-2H3,(H,25,27). The third-order valence-corrected chi connectivity index (χ3v) is 3.89. The molecule has 3 N–H and O–H groups in total. The van der Waals surface area contributed by atoms with Crippen molar-refractivity contribution in [2.24, 2.45) is 7.05 Å². The molecule has 0 bridgehead atoms. The molecule has 0 spiro atoms. The van der Waals surface area contributed by atoms with Crippen LogP contribution in [0.1, 0.15) is 27.3 Å². The number of benzene rings is 1. The number of nitrogens with one attached hydrogen (secondary N) is 3. The topological polar surface area (TPSA) is 119 Å². The molecule has 8 nitrogen and oxygen atoms in total. The zero-order valence-electron chi connectivity index (χ0n) is 14.8. The van der Waals surface area contributed by atoms with Crippen molar-refractivity contribution in [3.8, 4) is 6.07 Å². The molecule has 0 fully saturated rings. The Morgan fingerprint density at radius 3 is 2.74 bits per heavy atom. The lowest BCUT2D eigenvalue weighted by atomic mass is 10.1. The highest BCUT2D eigenvalue weighted by atomic mass is 16.1. The minimum Gasteiger partial charge on any atom is -0.352 e. The van der Waals surface area contributed by atoms with Gasteiger partial charge in [-0.1, -0.05) is 0 Å². The van der Waals surface area contributed by atoms with Gasteiger partial charge in [0, 0.05) is 36.4 Å². The number of hydrogen-bond acceptors (Lipinski definition) is 6. The van der Waals surface area contributed by atoms with Crippen molar-refractivity contribution in [1.29, 1.82) is 10.7 Å². The van der Waals surface area contributed by atoms with Gasteiger partial charge in [-0.05, 0) is 37.3 Å². The third-order valence-electron chi connectivity index (χ3n) is 3.89. The number of amides is 1. The summed E-state index contributed by atoms with van der Waals surface area (Å²) in [5.74, 6) is -0.377. The summed E-state index contributed by atoms with van der Waals surface area (Å²) >= 11 is 0. The van der Waals surface area contributed by atoms with E-state index in [1.54, 1.807) is 42.1 Å². The quantitative estimate of drug-likeness (QED) is 0.605. The maximum atomic E-state index is 12.5. The molecule has 3 aromatic rings. The maximum Gasteiger partial charge on any atom is 0.274 e. The fourth-order valence-electron chi connectivity index (χ4n) is 2.51. The van der Waals surface area contributed by atoms with E-state index in [4.69, 9.17) is 10.7 Å². The van der Waals surface area contributed by atoms with Crippen LogP contribution in [0.2, 0.25) is 0 Å². The zero-order valence-corrected chi connectivity index (χ0v) is 14.8. The van der Waals surface area contributed by atoms with Crippen LogP contribution in [0, 0.1) is 23.7 Å². The fraction of sp³-hybridized carbons (Fsp3) is 0.105.